The molecule has 12 nitrogen and oxygen atoms in total. The monoisotopic (exact) mass is 588 g/mol. The Morgan fingerprint density at radius 1 is 1.20 bits per heavy atom. The van der Waals surface area contributed by atoms with E-state index in [0.29, 0.717) is 35.6 Å². The highest BCUT2D eigenvalue weighted by molar-refractivity contribution is 7.45. The Bertz CT molecular complexity index is 1270. The standard InChI is InChI=1S/C28H41N6O6P/c1-6-37-25-22-24(31-27(29)32-25)34(18-30-22)28(3,4)16-21(36-5)17-39-41(33-20-14-11-15-20)40-23(26(35)38-7-2)19-12-9-8-10-13-19/h8-10,12-13,18,20-21,23,33H,6-7,11,14-17H2,1-5H3,(H2,29,31,32). The van der Waals surface area contributed by atoms with Crippen molar-refractivity contribution in [1.82, 2.24) is 24.6 Å². The Morgan fingerprint density at radius 2 is 1.95 bits per heavy atom. The van der Waals surface area contributed by atoms with Gasteiger partial charge in [0.2, 0.25) is 11.8 Å². The average molecular weight is 589 g/mol. The molecule has 3 N–H and O–H groups in total. The zero-order valence-corrected chi connectivity index (χ0v) is 25.3. The van der Waals surface area contributed by atoms with Crippen LogP contribution in [0.1, 0.15) is 65.0 Å². The zero-order valence-electron chi connectivity index (χ0n) is 24.4. The number of nitrogen functional groups attached to an aromatic ring is 1. The molecule has 1 aromatic carbocycles. The molecule has 4 rings (SSSR count). The number of ether oxygens (including phenoxy) is 3. The normalized spacial score (nSPS) is 16.2. The van der Waals surface area contributed by atoms with E-state index in [1.165, 1.54) is 0 Å². The van der Waals surface area contributed by atoms with Crippen LogP contribution in [0.4, 0.5) is 5.95 Å². The molecule has 2 aromatic heterocycles. The van der Waals surface area contributed by atoms with E-state index in [2.05, 4.69) is 33.9 Å². The Kier molecular flexibility index (Phi) is 10.9. The molecule has 0 amide bonds. The first-order valence-electron chi connectivity index (χ1n) is 14.0. The van der Waals surface area contributed by atoms with Gasteiger partial charge in [-0.15, -0.1) is 0 Å². The summed E-state index contributed by atoms with van der Waals surface area (Å²) in [6.07, 6.45) is 4.28. The molecule has 41 heavy (non-hydrogen) atoms. The predicted molar refractivity (Wildman–Crippen MR) is 156 cm³/mol. The first-order valence-corrected chi connectivity index (χ1v) is 15.2. The van der Waals surface area contributed by atoms with Gasteiger partial charge in [-0.05, 0) is 52.5 Å². The summed E-state index contributed by atoms with van der Waals surface area (Å²) >= 11 is 0. The lowest BCUT2D eigenvalue weighted by Crippen LogP contribution is -2.36. The minimum atomic E-state index is -1.63. The van der Waals surface area contributed by atoms with E-state index in [1.54, 1.807) is 20.4 Å². The van der Waals surface area contributed by atoms with Crippen LogP contribution in [-0.2, 0) is 28.9 Å². The Morgan fingerprint density at radius 3 is 2.59 bits per heavy atom. The van der Waals surface area contributed by atoms with Crippen LogP contribution in [0.25, 0.3) is 11.2 Å². The van der Waals surface area contributed by atoms with E-state index in [9.17, 15) is 4.79 Å². The molecule has 3 atom stereocenters. The highest BCUT2D eigenvalue weighted by atomic mass is 31.2. The number of rotatable bonds is 16. The van der Waals surface area contributed by atoms with Crippen LogP contribution in [0.2, 0.25) is 0 Å². The molecule has 1 aliphatic carbocycles. The number of hydrogen-bond acceptors (Lipinski definition) is 11. The third kappa shape index (κ3) is 7.90. The van der Waals surface area contributed by atoms with E-state index in [1.807, 2.05) is 41.8 Å². The number of benzene rings is 1. The Labute approximate surface area is 242 Å². The first-order chi connectivity index (χ1) is 19.7. The van der Waals surface area contributed by atoms with Crippen LogP contribution in [0, 0.1) is 0 Å². The van der Waals surface area contributed by atoms with E-state index < -0.39 is 26.1 Å². The number of carbonyl (C=O) groups excluding carboxylic acids is 1. The van der Waals surface area contributed by atoms with Crippen LogP contribution >= 0.6 is 8.53 Å². The van der Waals surface area contributed by atoms with Gasteiger partial charge in [-0.3, -0.25) is 0 Å². The van der Waals surface area contributed by atoms with Gasteiger partial charge in [0.15, 0.2) is 17.3 Å². The van der Waals surface area contributed by atoms with E-state index in [0.717, 1.165) is 19.3 Å². The minimum absolute atomic E-state index is 0.115. The van der Waals surface area contributed by atoms with Gasteiger partial charge in [0.25, 0.3) is 8.53 Å². The third-order valence-electron chi connectivity index (χ3n) is 6.95. The van der Waals surface area contributed by atoms with Gasteiger partial charge in [-0.25, -0.2) is 14.9 Å². The molecular formula is C28H41N6O6P. The fourth-order valence-corrected chi connectivity index (χ4v) is 6.01. The van der Waals surface area contributed by atoms with Crippen molar-refractivity contribution >= 4 is 31.6 Å². The lowest BCUT2D eigenvalue weighted by molar-refractivity contribution is -0.152. The predicted octanol–water partition coefficient (Wildman–Crippen LogP) is 4.65. The maximum Gasteiger partial charge on any atom is 0.340 e. The SMILES string of the molecule is CCOC(=O)C(OP(NC1CCC1)OCC(CC(C)(C)n1cnc2c(OCC)nc(N)nc21)OC)c1ccccc1. The molecule has 0 spiro atoms. The van der Waals surface area contributed by atoms with Crippen LogP contribution in [0.3, 0.4) is 0 Å². The maximum atomic E-state index is 12.9. The van der Waals surface area contributed by atoms with Gasteiger partial charge in [-0.1, -0.05) is 36.8 Å². The molecule has 0 radical (unpaired) electrons. The second kappa shape index (κ2) is 14.3. The van der Waals surface area contributed by atoms with Crippen molar-refractivity contribution in [3.8, 4) is 5.88 Å². The van der Waals surface area contributed by atoms with Crippen molar-refractivity contribution in [3.05, 3.63) is 42.2 Å². The quantitative estimate of drug-likeness (QED) is 0.178. The van der Waals surface area contributed by atoms with Crippen LogP contribution < -0.4 is 15.6 Å². The van der Waals surface area contributed by atoms with Crippen LogP contribution in [0.15, 0.2) is 36.7 Å². The number of nitrogens with zero attached hydrogens (tertiary/aromatic N) is 4. The molecule has 224 valence electrons. The molecule has 0 bridgehead atoms. The second-order valence-electron chi connectivity index (χ2n) is 10.4. The summed E-state index contributed by atoms with van der Waals surface area (Å²) in [5.74, 6) is 0.0227. The van der Waals surface area contributed by atoms with E-state index >= 15 is 0 Å². The molecule has 2 heterocycles. The van der Waals surface area contributed by atoms with Crippen molar-refractivity contribution in [3.63, 3.8) is 0 Å². The number of esters is 1. The summed E-state index contributed by atoms with van der Waals surface area (Å²) in [4.78, 5) is 26.0. The van der Waals surface area contributed by atoms with Gasteiger partial charge in [0.05, 0.1) is 32.3 Å². The number of aromatic nitrogens is 4. The number of hydrogen-bond donors (Lipinski definition) is 2. The molecule has 1 fully saturated rings. The van der Waals surface area contributed by atoms with Crippen molar-refractivity contribution in [1.29, 1.82) is 0 Å². The second-order valence-corrected chi connectivity index (χ2v) is 11.7. The number of imidazole rings is 1. The topological polar surface area (TPSA) is 145 Å². The molecule has 1 aliphatic rings. The molecule has 3 aromatic rings. The average Bonchev–Trinajstić information content (AvgIpc) is 3.36. The lowest BCUT2D eigenvalue weighted by Gasteiger charge is -2.34. The number of nitrogens with two attached hydrogens (primary N) is 1. The van der Waals surface area contributed by atoms with Crippen molar-refractivity contribution in [2.24, 2.45) is 0 Å². The summed E-state index contributed by atoms with van der Waals surface area (Å²) in [7, 11) is 0.0197. The number of carbonyl (C=O) groups is 1. The van der Waals surface area contributed by atoms with Crippen LogP contribution in [0.5, 0.6) is 5.88 Å². The molecule has 0 aliphatic heterocycles. The third-order valence-corrected chi connectivity index (χ3v) is 8.31. The smallest absolute Gasteiger partial charge is 0.340 e. The fraction of sp³-hybridized carbons (Fsp3) is 0.571. The molecule has 0 saturated heterocycles. The summed E-state index contributed by atoms with van der Waals surface area (Å²) in [5.41, 5.74) is 7.33. The number of fused-ring (bicyclic) bond motifs is 1. The first kappa shape index (κ1) is 31.1. The fourth-order valence-electron chi connectivity index (χ4n) is 4.55. The van der Waals surface area contributed by atoms with Gasteiger partial charge < -0.3 is 33.6 Å². The van der Waals surface area contributed by atoms with Gasteiger partial charge in [0.1, 0.15) is 0 Å². The summed E-state index contributed by atoms with van der Waals surface area (Å²) < 4.78 is 31.4. The van der Waals surface area contributed by atoms with Gasteiger partial charge in [-0.2, -0.15) is 9.97 Å². The Hall–Kier alpha value is -2.89. The number of methoxy groups -OCH3 is 1. The largest absolute Gasteiger partial charge is 0.476 e. The van der Waals surface area contributed by atoms with E-state index in [4.69, 9.17) is 29.0 Å². The highest BCUT2D eigenvalue weighted by Gasteiger charge is 2.33. The molecular weight excluding hydrogens is 547 g/mol. The number of anilines is 1. The highest BCUT2D eigenvalue weighted by Crippen LogP contribution is 2.43. The number of nitrogens with one attached hydrogen (secondary N) is 1. The van der Waals surface area contributed by atoms with Crippen LogP contribution in [-0.4, -0.2) is 64.6 Å². The van der Waals surface area contributed by atoms with Crippen molar-refractivity contribution < 1.29 is 28.1 Å². The van der Waals surface area contributed by atoms with Crippen molar-refractivity contribution in [2.75, 3.05) is 32.7 Å². The molecule has 1 saturated carbocycles. The van der Waals surface area contributed by atoms with Gasteiger partial charge in [0, 0.05) is 18.7 Å². The van der Waals surface area contributed by atoms with Crippen molar-refractivity contribution in [2.45, 2.75) is 77.2 Å². The maximum absolute atomic E-state index is 12.9. The van der Waals surface area contributed by atoms with Gasteiger partial charge >= 0.3 is 5.97 Å². The molecule has 13 heteroatoms. The van der Waals surface area contributed by atoms with E-state index in [-0.39, 0.29) is 31.3 Å². The minimum Gasteiger partial charge on any atom is -0.476 e. The Balaban J connectivity index is 1.49. The molecule has 3 unspecified atom stereocenters. The zero-order chi connectivity index (χ0) is 29.4. The summed E-state index contributed by atoms with van der Waals surface area (Å²) in [5, 5.41) is 3.47. The summed E-state index contributed by atoms with van der Waals surface area (Å²) in [6, 6.07) is 9.60. The summed E-state index contributed by atoms with van der Waals surface area (Å²) in [6.45, 7) is 8.72. The lowest BCUT2D eigenvalue weighted by atomic mass is 9.94.